The Morgan fingerprint density at radius 3 is 2.53 bits per heavy atom. The Morgan fingerprint density at radius 1 is 1.47 bits per heavy atom. The van der Waals surface area contributed by atoms with Gasteiger partial charge in [-0.1, -0.05) is 30.3 Å². The van der Waals surface area contributed by atoms with Crippen LogP contribution >= 0.6 is 0 Å². The molecule has 1 N–H and O–H groups in total. The minimum absolute atomic E-state index is 0.0180. The molecule has 0 radical (unpaired) electrons. The molecule has 0 saturated carbocycles. The lowest BCUT2D eigenvalue weighted by Crippen LogP contribution is -2.27. The normalized spacial score (nSPS) is 14.5. The van der Waals surface area contributed by atoms with E-state index in [2.05, 4.69) is 4.18 Å². The van der Waals surface area contributed by atoms with E-state index in [1.165, 1.54) is 0 Å². The third-order valence-corrected chi connectivity index (χ3v) is 2.12. The van der Waals surface area contributed by atoms with Gasteiger partial charge in [0, 0.05) is 6.42 Å². The molecule has 0 aromatic heterocycles. The Balaban J connectivity index is 2.67. The van der Waals surface area contributed by atoms with Gasteiger partial charge in [0.15, 0.2) is 6.10 Å². The minimum atomic E-state index is -2.82. The third kappa shape index (κ3) is 4.20. The fourth-order valence-electron chi connectivity index (χ4n) is 1.09. The molecule has 0 saturated heterocycles. The van der Waals surface area contributed by atoms with E-state index in [1.807, 2.05) is 0 Å². The Labute approximate surface area is 89.2 Å². The lowest BCUT2D eigenvalue weighted by Gasteiger charge is -2.14. The van der Waals surface area contributed by atoms with Crippen LogP contribution in [0.1, 0.15) is 5.56 Å². The first-order chi connectivity index (χ1) is 7.09. The molecule has 0 heterocycles. The van der Waals surface area contributed by atoms with Crippen LogP contribution in [0, 0.1) is 0 Å². The topological polar surface area (TPSA) is 86.7 Å². The molecule has 1 aromatic rings. The molecule has 15 heavy (non-hydrogen) atoms. The molecule has 82 valence electrons. The Morgan fingerprint density at radius 2 is 2.07 bits per heavy atom. The van der Waals surface area contributed by atoms with E-state index in [0.717, 1.165) is 0 Å². The monoisotopic (exact) mass is 229 g/mol. The summed E-state index contributed by atoms with van der Waals surface area (Å²) in [6, 6.07) is 8.66. The summed E-state index contributed by atoms with van der Waals surface area (Å²) in [6.07, 6.45) is -1.35. The number of carboxylic acids is 1. The minimum Gasteiger partial charge on any atom is -0.750 e. The molecule has 6 heteroatoms. The van der Waals surface area contributed by atoms with Gasteiger partial charge in [0.25, 0.3) is 0 Å². The zero-order chi connectivity index (χ0) is 11.3. The summed E-state index contributed by atoms with van der Waals surface area (Å²) in [5.41, 5.74) is 0.704. The van der Waals surface area contributed by atoms with Crippen molar-refractivity contribution in [1.29, 1.82) is 0 Å². The second-order valence-corrected chi connectivity index (χ2v) is 3.42. The van der Waals surface area contributed by atoms with E-state index in [4.69, 9.17) is 5.11 Å². The molecule has 0 aliphatic rings. The molecule has 0 aliphatic carbocycles. The van der Waals surface area contributed by atoms with Crippen LogP contribution in [-0.2, 0) is 26.8 Å². The van der Waals surface area contributed by atoms with Gasteiger partial charge in [-0.05, 0) is 5.56 Å². The predicted molar refractivity (Wildman–Crippen MR) is 51.6 cm³/mol. The predicted octanol–water partition coefficient (Wildman–Crippen LogP) is 0.493. The first-order valence-electron chi connectivity index (χ1n) is 4.12. The summed E-state index contributed by atoms with van der Waals surface area (Å²) in [6.45, 7) is 0. The maximum Gasteiger partial charge on any atom is 0.334 e. The summed E-state index contributed by atoms with van der Waals surface area (Å²) in [5, 5.41) is 8.69. The van der Waals surface area contributed by atoms with E-state index < -0.39 is 23.4 Å². The van der Waals surface area contributed by atoms with Gasteiger partial charge in [-0.25, -0.2) is 9.00 Å². The van der Waals surface area contributed by atoms with Crippen molar-refractivity contribution < 1.29 is 22.8 Å². The Hall–Kier alpha value is -1.24. The first-order valence-corrected chi connectivity index (χ1v) is 5.12. The molecule has 0 fully saturated rings. The maximum atomic E-state index is 10.6. The zero-order valence-corrected chi connectivity index (χ0v) is 8.48. The van der Waals surface area contributed by atoms with Crippen molar-refractivity contribution in [3.05, 3.63) is 35.9 Å². The summed E-state index contributed by atoms with van der Waals surface area (Å²) < 4.78 is 24.7. The number of carboxylic acid groups (broad SMARTS) is 1. The summed E-state index contributed by atoms with van der Waals surface area (Å²) in [4.78, 5) is 10.6. The number of aliphatic carboxylic acids is 1. The van der Waals surface area contributed by atoms with E-state index in [-0.39, 0.29) is 6.42 Å². The van der Waals surface area contributed by atoms with E-state index in [1.54, 1.807) is 30.3 Å². The highest BCUT2D eigenvalue weighted by atomic mass is 32.2. The third-order valence-electron chi connectivity index (χ3n) is 1.73. The largest absolute Gasteiger partial charge is 0.750 e. The fraction of sp³-hybridized carbons (Fsp3) is 0.222. The van der Waals surface area contributed by atoms with Crippen LogP contribution in [0.2, 0.25) is 0 Å². The lowest BCUT2D eigenvalue weighted by atomic mass is 10.1. The van der Waals surface area contributed by atoms with Gasteiger partial charge in [0.1, 0.15) is 0 Å². The van der Waals surface area contributed by atoms with Gasteiger partial charge in [0.2, 0.25) is 0 Å². The second kappa shape index (κ2) is 5.59. The van der Waals surface area contributed by atoms with Gasteiger partial charge in [-0.15, -0.1) is 0 Å². The Bertz CT molecular complexity index is 351. The quantitative estimate of drug-likeness (QED) is 0.742. The molecule has 1 aromatic carbocycles. The van der Waals surface area contributed by atoms with Crippen LogP contribution in [0.4, 0.5) is 0 Å². The van der Waals surface area contributed by atoms with E-state index >= 15 is 0 Å². The van der Waals surface area contributed by atoms with Crippen LogP contribution in [0.25, 0.3) is 0 Å². The fourth-order valence-corrected chi connectivity index (χ4v) is 1.43. The summed E-state index contributed by atoms with van der Waals surface area (Å²) >= 11 is -2.82. The molecule has 0 aliphatic heterocycles. The van der Waals surface area contributed by atoms with Crippen molar-refractivity contribution in [1.82, 2.24) is 0 Å². The average Bonchev–Trinajstić information content (AvgIpc) is 2.17. The highest BCUT2D eigenvalue weighted by Crippen LogP contribution is 2.07. The maximum absolute atomic E-state index is 10.6. The molecule has 5 nitrogen and oxygen atoms in total. The van der Waals surface area contributed by atoms with Crippen molar-refractivity contribution >= 4 is 17.3 Å². The average molecular weight is 229 g/mol. The van der Waals surface area contributed by atoms with Crippen LogP contribution < -0.4 is 0 Å². The van der Waals surface area contributed by atoms with Gasteiger partial charge < -0.3 is 9.66 Å². The van der Waals surface area contributed by atoms with E-state index in [9.17, 15) is 13.6 Å². The molecule has 0 spiro atoms. The Kier molecular flexibility index (Phi) is 4.41. The van der Waals surface area contributed by atoms with Crippen LogP contribution in [0.15, 0.2) is 30.3 Å². The number of hydrogen-bond donors (Lipinski definition) is 1. The molecule has 1 rings (SSSR count). The van der Waals surface area contributed by atoms with Crippen molar-refractivity contribution in [2.45, 2.75) is 12.5 Å². The molecule has 2 unspecified atom stereocenters. The molecular formula is C9H9O5S-. The summed E-state index contributed by atoms with van der Waals surface area (Å²) in [7, 11) is 0. The standard InChI is InChI=1S/C9H10O5S/c10-9(11)8(14-15(12)13)6-7-4-2-1-3-5-7/h1-5,8H,6H2,(H,10,11)(H,12,13)/p-1. The molecule has 0 amide bonds. The SMILES string of the molecule is O=C(O)C(Cc1ccccc1)OS(=O)[O-]. The first kappa shape index (κ1) is 11.8. The van der Waals surface area contributed by atoms with Gasteiger partial charge in [0.05, 0.1) is 11.4 Å². The van der Waals surface area contributed by atoms with Crippen LogP contribution in [0.3, 0.4) is 0 Å². The zero-order valence-electron chi connectivity index (χ0n) is 7.66. The van der Waals surface area contributed by atoms with Crippen LogP contribution in [0.5, 0.6) is 0 Å². The highest BCUT2D eigenvalue weighted by molar-refractivity contribution is 7.74. The van der Waals surface area contributed by atoms with Crippen molar-refractivity contribution in [2.24, 2.45) is 0 Å². The molecule has 0 bridgehead atoms. The van der Waals surface area contributed by atoms with Gasteiger partial charge >= 0.3 is 5.97 Å². The number of rotatable bonds is 5. The van der Waals surface area contributed by atoms with Crippen molar-refractivity contribution in [3.8, 4) is 0 Å². The number of carbonyl (C=O) groups is 1. The second-order valence-electron chi connectivity index (χ2n) is 2.82. The van der Waals surface area contributed by atoms with E-state index in [0.29, 0.717) is 5.56 Å². The molecule has 2 atom stereocenters. The van der Waals surface area contributed by atoms with Crippen LogP contribution in [-0.4, -0.2) is 25.9 Å². The van der Waals surface area contributed by atoms with Crippen molar-refractivity contribution in [2.75, 3.05) is 0 Å². The lowest BCUT2D eigenvalue weighted by molar-refractivity contribution is -0.144. The molecular weight excluding hydrogens is 220 g/mol. The number of benzene rings is 1. The van der Waals surface area contributed by atoms with Crippen molar-refractivity contribution in [3.63, 3.8) is 0 Å². The number of hydrogen-bond acceptors (Lipinski definition) is 4. The van der Waals surface area contributed by atoms with Gasteiger partial charge in [-0.3, -0.25) is 4.18 Å². The highest BCUT2D eigenvalue weighted by Gasteiger charge is 2.19. The summed E-state index contributed by atoms with van der Waals surface area (Å²) in [5.74, 6) is -1.30. The van der Waals surface area contributed by atoms with Gasteiger partial charge in [-0.2, -0.15) is 0 Å². The smallest absolute Gasteiger partial charge is 0.334 e.